The first-order valence-corrected chi connectivity index (χ1v) is 5.03. The molecule has 0 fully saturated rings. The smallest absolute Gasteiger partial charge is 0.172 e. The Kier molecular flexibility index (Phi) is 3.37. The average molecular weight is 225 g/mol. The van der Waals surface area contributed by atoms with Crippen molar-refractivity contribution in [2.45, 2.75) is 26.4 Å². The minimum Gasteiger partial charge on any atom is -0.480 e. The van der Waals surface area contributed by atoms with Gasteiger partial charge in [-0.25, -0.2) is 0 Å². The highest BCUT2D eigenvalue weighted by atomic mass is 16.5. The predicted molar refractivity (Wildman–Crippen MR) is 60.9 cm³/mol. The molecular formula is C13H11N3O. The monoisotopic (exact) mass is 225 g/mol. The second-order valence-electron chi connectivity index (χ2n) is 3.94. The van der Waals surface area contributed by atoms with E-state index in [1.165, 1.54) is 0 Å². The first-order chi connectivity index (χ1) is 8.01. The van der Waals surface area contributed by atoms with E-state index in [9.17, 15) is 0 Å². The Morgan fingerprint density at radius 2 is 1.82 bits per heavy atom. The fourth-order valence-corrected chi connectivity index (χ4v) is 1.65. The van der Waals surface area contributed by atoms with Gasteiger partial charge < -0.3 is 4.74 Å². The van der Waals surface area contributed by atoms with Crippen LogP contribution in [0.4, 0.5) is 0 Å². The van der Waals surface area contributed by atoms with E-state index in [1.807, 2.05) is 13.0 Å². The number of hydrogen-bond donors (Lipinski definition) is 0. The Labute approximate surface area is 100 Å². The van der Waals surface area contributed by atoms with E-state index in [1.54, 1.807) is 38.1 Å². The Hall–Kier alpha value is -2.51. The maximum Gasteiger partial charge on any atom is 0.172 e. The molecule has 17 heavy (non-hydrogen) atoms. The van der Waals surface area contributed by atoms with Crippen molar-refractivity contribution >= 4 is 0 Å². The molecule has 0 aromatic heterocycles. The number of hydrogen-bond acceptors (Lipinski definition) is 4. The molecule has 0 amide bonds. The molecule has 84 valence electrons. The zero-order chi connectivity index (χ0) is 13.1. The van der Waals surface area contributed by atoms with Crippen LogP contribution in [-0.4, -0.2) is 5.60 Å². The molecule has 0 atom stereocenters. The van der Waals surface area contributed by atoms with Crippen molar-refractivity contribution < 1.29 is 4.74 Å². The van der Waals surface area contributed by atoms with Crippen molar-refractivity contribution in [3.05, 3.63) is 34.6 Å². The van der Waals surface area contributed by atoms with Crippen LogP contribution in [0.2, 0.25) is 0 Å². The van der Waals surface area contributed by atoms with Crippen LogP contribution in [0, 0.1) is 34.0 Å². The number of rotatable bonds is 1. The van der Waals surface area contributed by atoms with Gasteiger partial charge in [0.15, 0.2) is 11.3 Å². The van der Waals surface area contributed by atoms with Crippen LogP contribution in [0.15, 0.2) is 34.6 Å². The van der Waals surface area contributed by atoms with Crippen molar-refractivity contribution in [2.75, 3.05) is 0 Å². The van der Waals surface area contributed by atoms with Gasteiger partial charge in [-0.15, -0.1) is 0 Å². The van der Waals surface area contributed by atoms with Gasteiger partial charge in [-0.05, 0) is 20.8 Å². The molecule has 0 spiro atoms. The van der Waals surface area contributed by atoms with Crippen molar-refractivity contribution in [1.29, 1.82) is 15.8 Å². The summed E-state index contributed by atoms with van der Waals surface area (Å²) in [5.41, 5.74) is 0.0621. The maximum absolute atomic E-state index is 9.13. The van der Waals surface area contributed by atoms with Crippen LogP contribution in [0.25, 0.3) is 0 Å². The summed E-state index contributed by atoms with van der Waals surface area (Å²) in [7, 11) is 0. The topological polar surface area (TPSA) is 80.6 Å². The normalized spacial score (nSPS) is 17.3. The summed E-state index contributed by atoms with van der Waals surface area (Å²) in [6, 6.07) is 5.48. The van der Waals surface area contributed by atoms with Crippen molar-refractivity contribution in [2.24, 2.45) is 0 Å². The molecule has 0 unspecified atom stereocenters. The molecule has 4 nitrogen and oxygen atoms in total. The van der Waals surface area contributed by atoms with Gasteiger partial charge in [-0.2, -0.15) is 15.8 Å². The predicted octanol–water partition coefficient (Wildman–Crippen LogP) is 2.49. The molecule has 0 radical (unpaired) electrons. The number of nitriles is 3. The van der Waals surface area contributed by atoms with Crippen LogP contribution in [0.1, 0.15) is 20.8 Å². The first kappa shape index (κ1) is 12.6. The van der Waals surface area contributed by atoms with E-state index in [2.05, 4.69) is 0 Å². The molecule has 0 bridgehead atoms. The molecule has 0 N–H and O–H groups in total. The largest absolute Gasteiger partial charge is 0.480 e. The summed E-state index contributed by atoms with van der Waals surface area (Å²) in [4.78, 5) is 0. The molecular weight excluding hydrogens is 214 g/mol. The molecule has 0 aromatic rings. The fraction of sp³-hybridized carbons (Fsp3) is 0.308. The van der Waals surface area contributed by atoms with E-state index in [-0.39, 0.29) is 16.9 Å². The van der Waals surface area contributed by atoms with Gasteiger partial charge in [-0.3, -0.25) is 0 Å². The Bertz CT molecular complexity index is 541. The minimum absolute atomic E-state index is 0.0793. The zero-order valence-corrected chi connectivity index (χ0v) is 9.90. The van der Waals surface area contributed by atoms with E-state index in [0.29, 0.717) is 5.57 Å². The number of nitrogens with zero attached hydrogens (tertiary/aromatic N) is 3. The van der Waals surface area contributed by atoms with Crippen LogP contribution in [0.5, 0.6) is 0 Å². The molecule has 1 aliphatic heterocycles. The summed E-state index contributed by atoms with van der Waals surface area (Å²) >= 11 is 0. The van der Waals surface area contributed by atoms with E-state index < -0.39 is 5.60 Å². The van der Waals surface area contributed by atoms with Crippen LogP contribution in [0.3, 0.4) is 0 Å². The molecule has 0 aliphatic carbocycles. The fourth-order valence-electron chi connectivity index (χ4n) is 1.65. The van der Waals surface area contributed by atoms with Gasteiger partial charge in [0, 0.05) is 5.57 Å². The SMILES string of the molecule is C/C=C\C1=C(C#N)C(=C(C#N)C#N)OC1(C)C. The van der Waals surface area contributed by atoms with E-state index >= 15 is 0 Å². The third-order valence-electron chi connectivity index (χ3n) is 2.40. The van der Waals surface area contributed by atoms with Crippen LogP contribution < -0.4 is 0 Å². The third-order valence-corrected chi connectivity index (χ3v) is 2.40. The first-order valence-electron chi connectivity index (χ1n) is 5.03. The Morgan fingerprint density at radius 1 is 1.24 bits per heavy atom. The second-order valence-corrected chi connectivity index (χ2v) is 3.94. The molecule has 1 rings (SSSR count). The Balaban J connectivity index is 3.58. The summed E-state index contributed by atoms with van der Waals surface area (Å²) < 4.78 is 5.55. The number of ether oxygens (including phenoxy) is 1. The van der Waals surface area contributed by atoms with Crippen LogP contribution in [-0.2, 0) is 4.74 Å². The third kappa shape index (κ3) is 2.05. The molecule has 0 saturated heterocycles. The lowest BCUT2D eigenvalue weighted by molar-refractivity contribution is 0.0954. The quantitative estimate of drug-likeness (QED) is 0.642. The van der Waals surface area contributed by atoms with Crippen LogP contribution >= 0.6 is 0 Å². The summed E-state index contributed by atoms with van der Waals surface area (Å²) in [6.45, 7) is 5.41. The van der Waals surface area contributed by atoms with Gasteiger partial charge in [0.25, 0.3) is 0 Å². The average Bonchev–Trinajstić information content (AvgIpc) is 2.53. The lowest BCUT2D eigenvalue weighted by atomic mass is 9.95. The summed E-state index contributed by atoms with van der Waals surface area (Å²) in [6.07, 6.45) is 3.55. The second kappa shape index (κ2) is 4.56. The molecule has 0 saturated carbocycles. The number of allylic oxidation sites excluding steroid dienone is 3. The highest BCUT2D eigenvalue weighted by Gasteiger charge is 2.38. The van der Waals surface area contributed by atoms with Gasteiger partial charge in [0.2, 0.25) is 0 Å². The van der Waals surface area contributed by atoms with Crippen molar-refractivity contribution in [3.63, 3.8) is 0 Å². The lowest BCUT2D eigenvalue weighted by Crippen LogP contribution is -2.20. The molecule has 1 heterocycles. The minimum atomic E-state index is -0.703. The molecule has 1 aliphatic rings. The zero-order valence-electron chi connectivity index (χ0n) is 9.90. The molecule has 0 aromatic carbocycles. The summed E-state index contributed by atoms with van der Waals surface area (Å²) in [5, 5.41) is 26.8. The Morgan fingerprint density at radius 3 is 2.24 bits per heavy atom. The van der Waals surface area contributed by atoms with E-state index in [4.69, 9.17) is 20.5 Å². The highest BCUT2D eigenvalue weighted by molar-refractivity contribution is 5.59. The lowest BCUT2D eigenvalue weighted by Gasteiger charge is -2.20. The van der Waals surface area contributed by atoms with E-state index in [0.717, 1.165) is 0 Å². The van der Waals surface area contributed by atoms with Gasteiger partial charge in [-0.1, -0.05) is 12.2 Å². The van der Waals surface area contributed by atoms with Gasteiger partial charge >= 0.3 is 0 Å². The van der Waals surface area contributed by atoms with Crippen molar-refractivity contribution in [1.82, 2.24) is 0 Å². The highest BCUT2D eigenvalue weighted by Crippen LogP contribution is 2.39. The van der Waals surface area contributed by atoms with Gasteiger partial charge in [0.1, 0.15) is 29.4 Å². The van der Waals surface area contributed by atoms with Crippen molar-refractivity contribution in [3.8, 4) is 18.2 Å². The standard InChI is InChI=1S/C13H11N3O/c1-4-5-11-10(8-16)12(9(6-14)7-15)17-13(11,2)3/h4-5H,1-3H3/b5-4-. The van der Waals surface area contributed by atoms with Gasteiger partial charge in [0.05, 0.1) is 0 Å². The summed E-state index contributed by atoms with van der Waals surface area (Å²) in [5.74, 6) is 0.0793. The molecule has 4 heteroatoms. The maximum atomic E-state index is 9.13.